The highest BCUT2D eigenvalue weighted by Crippen LogP contribution is 2.26. The van der Waals surface area contributed by atoms with Gasteiger partial charge in [-0.05, 0) is 43.2 Å². The zero-order chi connectivity index (χ0) is 21.8. The van der Waals surface area contributed by atoms with Crippen molar-refractivity contribution < 1.29 is 4.79 Å². The molecule has 0 saturated carbocycles. The van der Waals surface area contributed by atoms with Gasteiger partial charge in [-0.2, -0.15) is 5.10 Å². The minimum Gasteiger partial charge on any atom is -0.346 e. The molecule has 1 aromatic carbocycles. The van der Waals surface area contributed by atoms with Gasteiger partial charge in [-0.25, -0.2) is 0 Å². The number of rotatable bonds is 7. The molecule has 1 aliphatic heterocycles. The molecule has 0 radical (unpaired) electrons. The van der Waals surface area contributed by atoms with Crippen LogP contribution in [0, 0.1) is 4.77 Å². The number of benzene rings is 1. The van der Waals surface area contributed by atoms with Crippen LogP contribution in [0.5, 0.6) is 0 Å². The second kappa shape index (κ2) is 9.86. The Bertz CT molecular complexity index is 1040. The van der Waals surface area contributed by atoms with E-state index in [9.17, 15) is 4.79 Å². The Morgan fingerprint density at radius 2 is 1.94 bits per heavy atom. The Kier molecular flexibility index (Phi) is 6.96. The van der Waals surface area contributed by atoms with Crippen LogP contribution in [0.1, 0.15) is 24.6 Å². The highest BCUT2D eigenvalue weighted by atomic mass is 32.1. The van der Waals surface area contributed by atoms with Crippen molar-refractivity contribution in [1.82, 2.24) is 29.9 Å². The molecular formula is C22H28N6OS2. The smallest absolute Gasteiger partial charge is 0.243 e. The van der Waals surface area contributed by atoms with E-state index in [0.717, 1.165) is 43.2 Å². The van der Waals surface area contributed by atoms with Crippen molar-refractivity contribution in [2.45, 2.75) is 19.0 Å². The van der Waals surface area contributed by atoms with E-state index in [1.165, 1.54) is 0 Å². The summed E-state index contributed by atoms with van der Waals surface area (Å²) in [7, 11) is 2.15. The average molecular weight is 457 g/mol. The average Bonchev–Trinajstić information content (AvgIpc) is 3.44. The van der Waals surface area contributed by atoms with Crippen LogP contribution in [-0.4, -0.2) is 70.2 Å². The second-order valence-electron chi connectivity index (χ2n) is 7.95. The van der Waals surface area contributed by atoms with Gasteiger partial charge in [-0.3, -0.25) is 19.4 Å². The molecule has 1 aliphatic rings. The third-order valence-electron chi connectivity index (χ3n) is 5.77. The van der Waals surface area contributed by atoms with Gasteiger partial charge in [0, 0.05) is 32.7 Å². The van der Waals surface area contributed by atoms with Gasteiger partial charge in [0.2, 0.25) is 5.91 Å². The number of nitrogens with one attached hydrogen (secondary N) is 2. The molecule has 164 valence electrons. The summed E-state index contributed by atoms with van der Waals surface area (Å²) in [6.07, 6.45) is 0. The van der Waals surface area contributed by atoms with Gasteiger partial charge >= 0.3 is 0 Å². The lowest BCUT2D eigenvalue weighted by molar-refractivity contribution is -0.124. The highest BCUT2D eigenvalue weighted by molar-refractivity contribution is 7.71. The van der Waals surface area contributed by atoms with Crippen LogP contribution in [-0.2, 0) is 4.79 Å². The van der Waals surface area contributed by atoms with Crippen LogP contribution in [0.25, 0.3) is 10.7 Å². The van der Waals surface area contributed by atoms with Gasteiger partial charge in [-0.15, -0.1) is 11.3 Å². The van der Waals surface area contributed by atoms with E-state index in [4.69, 9.17) is 12.2 Å². The highest BCUT2D eigenvalue weighted by Gasteiger charge is 2.26. The monoisotopic (exact) mass is 456 g/mol. The second-order valence-corrected chi connectivity index (χ2v) is 9.29. The minimum atomic E-state index is -0.484. The van der Waals surface area contributed by atoms with E-state index in [-0.39, 0.29) is 11.9 Å². The van der Waals surface area contributed by atoms with E-state index in [2.05, 4.69) is 44.5 Å². The fourth-order valence-electron chi connectivity index (χ4n) is 3.86. The molecule has 2 atom stereocenters. The summed E-state index contributed by atoms with van der Waals surface area (Å²) < 4.78 is 2.25. The number of aromatic amines is 1. The van der Waals surface area contributed by atoms with Crippen molar-refractivity contribution in [2.75, 3.05) is 39.8 Å². The van der Waals surface area contributed by atoms with E-state index >= 15 is 0 Å². The van der Waals surface area contributed by atoms with Gasteiger partial charge in [-0.1, -0.05) is 36.4 Å². The maximum atomic E-state index is 13.3. The largest absolute Gasteiger partial charge is 0.346 e. The first-order valence-corrected chi connectivity index (χ1v) is 11.8. The summed E-state index contributed by atoms with van der Waals surface area (Å²) in [6.45, 7) is 6.74. The number of aromatic nitrogens is 3. The van der Waals surface area contributed by atoms with Crippen molar-refractivity contribution in [3.63, 3.8) is 0 Å². The van der Waals surface area contributed by atoms with E-state index in [0.29, 0.717) is 10.6 Å². The Morgan fingerprint density at radius 3 is 2.61 bits per heavy atom. The fraction of sp³-hybridized carbons (Fsp3) is 0.409. The first-order chi connectivity index (χ1) is 15.0. The fourth-order valence-corrected chi connectivity index (χ4v) is 4.86. The number of amides is 1. The molecule has 0 bridgehead atoms. The maximum Gasteiger partial charge on any atom is 0.243 e. The van der Waals surface area contributed by atoms with Crippen molar-refractivity contribution >= 4 is 29.5 Å². The molecule has 3 heterocycles. The summed E-state index contributed by atoms with van der Waals surface area (Å²) in [5, 5.41) is 12.5. The summed E-state index contributed by atoms with van der Waals surface area (Å²) in [5.41, 5.74) is 1.11. The molecule has 3 aromatic rings. The van der Waals surface area contributed by atoms with Gasteiger partial charge in [0.05, 0.1) is 10.9 Å². The Hall–Kier alpha value is -2.33. The van der Waals surface area contributed by atoms with Crippen LogP contribution < -0.4 is 5.32 Å². The van der Waals surface area contributed by atoms with Gasteiger partial charge in [0.1, 0.15) is 6.04 Å². The normalized spacial score (nSPS) is 17.4. The number of carbonyl (C=O) groups excluding carboxylic acids is 1. The molecular weight excluding hydrogens is 428 g/mol. The lowest BCUT2D eigenvalue weighted by atomic mass is 10.1. The molecule has 2 N–H and O–H groups in total. The molecule has 0 aliphatic carbocycles. The van der Waals surface area contributed by atoms with Crippen molar-refractivity contribution in [1.29, 1.82) is 0 Å². The predicted octanol–water partition coefficient (Wildman–Crippen LogP) is 3.34. The molecule has 1 saturated heterocycles. The minimum absolute atomic E-state index is 0.0710. The van der Waals surface area contributed by atoms with E-state index in [1.807, 2.05) is 42.6 Å². The van der Waals surface area contributed by atoms with Crippen molar-refractivity contribution in [3.8, 4) is 10.7 Å². The third-order valence-corrected chi connectivity index (χ3v) is 6.92. The first-order valence-electron chi connectivity index (χ1n) is 10.5. The maximum absolute atomic E-state index is 13.3. The predicted molar refractivity (Wildman–Crippen MR) is 127 cm³/mol. The number of hydrogen-bond acceptors (Lipinski definition) is 6. The zero-order valence-electron chi connectivity index (χ0n) is 17.8. The number of thiophene rings is 1. The topological polar surface area (TPSA) is 69.2 Å². The number of H-pyrrole nitrogens is 1. The molecule has 2 unspecified atom stereocenters. The van der Waals surface area contributed by atoms with Gasteiger partial charge < -0.3 is 10.2 Å². The number of carbonyl (C=O) groups is 1. The molecule has 0 spiro atoms. The summed E-state index contributed by atoms with van der Waals surface area (Å²) in [6, 6.07) is 13.6. The Morgan fingerprint density at radius 1 is 1.19 bits per heavy atom. The number of piperazine rings is 1. The Labute approximate surface area is 191 Å². The number of hydrogen-bond donors (Lipinski definition) is 2. The van der Waals surface area contributed by atoms with Crippen LogP contribution in [0.4, 0.5) is 0 Å². The molecule has 7 nitrogen and oxygen atoms in total. The summed E-state index contributed by atoms with van der Waals surface area (Å²) in [5.74, 6) is 0.622. The van der Waals surface area contributed by atoms with Crippen LogP contribution in [0.15, 0.2) is 47.8 Å². The molecule has 31 heavy (non-hydrogen) atoms. The van der Waals surface area contributed by atoms with Crippen molar-refractivity contribution in [3.05, 3.63) is 58.2 Å². The summed E-state index contributed by atoms with van der Waals surface area (Å²) >= 11 is 7.02. The quantitative estimate of drug-likeness (QED) is 0.534. The van der Waals surface area contributed by atoms with E-state index < -0.39 is 6.04 Å². The lowest BCUT2D eigenvalue weighted by Crippen LogP contribution is -2.48. The molecule has 2 aromatic heterocycles. The number of likely N-dealkylation sites (N-methyl/N-ethyl adjacent to an activating group) is 1. The first kappa shape index (κ1) is 21.9. The van der Waals surface area contributed by atoms with Crippen LogP contribution in [0.2, 0.25) is 0 Å². The molecule has 4 rings (SSSR count). The molecule has 1 fully saturated rings. The van der Waals surface area contributed by atoms with Crippen LogP contribution in [0.3, 0.4) is 0 Å². The van der Waals surface area contributed by atoms with E-state index in [1.54, 1.807) is 15.9 Å². The third kappa shape index (κ3) is 5.12. The lowest BCUT2D eigenvalue weighted by Gasteiger charge is -2.35. The Balaban J connectivity index is 1.54. The number of nitrogens with zero attached hydrogens (tertiary/aromatic N) is 4. The molecule has 1 amide bonds. The van der Waals surface area contributed by atoms with Crippen molar-refractivity contribution in [2.24, 2.45) is 0 Å². The standard InChI is InChI=1S/C22H28N6OS2/c1-16(28-20(24-25-22(28)30)19-9-6-14-31-19)21(29)23-18(17-7-4-3-5-8-17)15-27-12-10-26(2)11-13-27/h3-9,14,16,18H,10-13,15H2,1-2H3,(H,23,29)(H,25,30). The SMILES string of the molecule is CC(C(=O)NC(CN1CCN(C)CC1)c1ccccc1)n1c(-c2cccs2)n[nH]c1=S. The summed E-state index contributed by atoms with van der Waals surface area (Å²) in [4.78, 5) is 19.1. The molecule has 9 heteroatoms. The van der Waals surface area contributed by atoms with Crippen LogP contribution >= 0.6 is 23.6 Å². The van der Waals surface area contributed by atoms with Gasteiger partial charge in [0.15, 0.2) is 10.6 Å². The van der Waals surface area contributed by atoms with Gasteiger partial charge in [0.25, 0.3) is 0 Å². The zero-order valence-corrected chi connectivity index (χ0v) is 19.5.